The molecule has 18 heavy (non-hydrogen) atoms. The van der Waals surface area contributed by atoms with Gasteiger partial charge in [-0.1, -0.05) is 18.7 Å². The third-order valence-corrected chi connectivity index (χ3v) is 2.73. The van der Waals surface area contributed by atoms with Crippen LogP contribution < -0.4 is 15.5 Å². The van der Waals surface area contributed by atoms with Gasteiger partial charge in [-0.25, -0.2) is 0 Å². The molecule has 0 radical (unpaired) electrons. The van der Waals surface area contributed by atoms with Gasteiger partial charge in [-0.15, -0.1) is 0 Å². The summed E-state index contributed by atoms with van der Waals surface area (Å²) in [4.78, 5) is 24.7. The summed E-state index contributed by atoms with van der Waals surface area (Å²) in [6, 6.07) is 7.41. The SMILES string of the molecule is C=CC(=O)Nc1ccccc1N1CCNC(=O)C1. The van der Waals surface area contributed by atoms with Crippen LogP contribution >= 0.6 is 0 Å². The van der Waals surface area contributed by atoms with Crippen LogP contribution in [0.1, 0.15) is 0 Å². The lowest BCUT2D eigenvalue weighted by atomic mass is 10.2. The summed E-state index contributed by atoms with van der Waals surface area (Å²) in [6.07, 6.45) is 1.22. The molecule has 0 aliphatic carbocycles. The maximum atomic E-state index is 11.4. The van der Waals surface area contributed by atoms with E-state index in [-0.39, 0.29) is 11.8 Å². The van der Waals surface area contributed by atoms with Gasteiger partial charge in [-0.2, -0.15) is 0 Å². The largest absolute Gasteiger partial charge is 0.359 e. The van der Waals surface area contributed by atoms with E-state index < -0.39 is 0 Å². The van der Waals surface area contributed by atoms with Crippen molar-refractivity contribution in [2.75, 3.05) is 29.9 Å². The average molecular weight is 245 g/mol. The van der Waals surface area contributed by atoms with Crippen molar-refractivity contribution in [3.05, 3.63) is 36.9 Å². The molecule has 1 fully saturated rings. The van der Waals surface area contributed by atoms with Crippen LogP contribution in [0.25, 0.3) is 0 Å². The molecule has 5 nitrogen and oxygen atoms in total. The first kappa shape index (κ1) is 12.2. The molecule has 1 aromatic rings. The van der Waals surface area contributed by atoms with E-state index >= 15 is 0 Å². The minimum absolute atomic E-state index is 0.00824. The van der Waals surface area contributed by atoms with E-state index in [1.807, 2.05) is 29.2 Å². The fraction of sp³-hybridized carbons (Fsp3) is 0.231. The Bertz CT molecular complexity index is 485. The molecular weight excluding hydrogens is 230 g/mol. The second kappa shape index (κ2) is 5.35. The second-order valence-corrected chi connectivity index (χ2v) is 3.98. The highest BCUT2D eigenvalue weighted by Gasteiger charge is 2.18. The molecule has 0 aromatic heterocycles. The van der Waals surface area contributed by atoms with Gasteiger partial charge in [-0.3, -0.25) is 9.59 Å². The Labute approximate surface area is 105 Å². The first-order valence-electron chi connectivity index (χ1n) is 5.75. The molecule has 1 heterocycles. The number of benzene rings is 1. The first-order valence-corrected chi connectivity index (χ1v) is 5.75. The molecule has 2 amide bonds. The predicted molar refractivity (Wildman–Crippen MR) is 70.5 cm³/mol. The standard InChI is InChI=1S/C13H15N3O2/c1-2-12(17)15-10-5-3-4-6-11(10)16-8-7-14-13(18)9-16/h2-6H,1,7-9H2,(H,14,18)(H,15,17). The van der Waals surface area contributed by atoms with E-state index in [1.165, 1.54) is 6.08 Å². The minimum Gasteiger partial charge on any atom is -0.359 e. The lowest BCUT2D eigenvalue weighted by molar-refractivity contribution is -0.120. The molecule has 2 rings (SSSR count). The highest BCUT2D eigenvalue weighted by molar-refractivity contribution is 6.01. The zero-order valence-corrected chi connectivity index (χ0v) is 9.98. The van der Waals surface area contributed by atoms with E-state index in [0.717, 1.165) is 12.2 Å². The van der Waals surface area contributed by atoms with Crippen molar-refractivity contribution >= 4 is 23.2 Å². The Morgan fingerprint density at radius 1 is 1.44 bits per heavy atom. The number of hydrogen-bond acceptors (Lipinski definition) is 3. The van der Waals surface area contributed by atoms with Crippen molar-refractivity contribution in [1.29, 1.82) is 0 Å². The van der Waals surface area contributed by atoms with Crippen LogP contribution in [-0.2, 0) is 9.59 Å². The van der Waals surface area contributed by atoms with Crippen molar-refractivity contribution in [3.63, 3.8) is 0 Å². The van der Waals surface area contributed by atoms with Crippen LogP contribution in [0.2, 0.25) is 0 Å². The topological polar surface area (TPSA) is 61.4 Å². The van der Waals surface area contributed by atoms with Gasteiger partial charge in [0.1, 0.15) is 0 Å². The third-order valence-electron chi connectivity index (χ3n) is 2.73. The minimum atomic E-state index is -0.260. The van der Waals surface area contributed by atoms with E-state index in [0.29, 0.717) is 18.8 Å². The van der Waals surface area contributed by atoms with Gasteiger partial charge < -0.3 is 15.5 Å². The number of nitrogens with one attached hydrogen (secondary N) is 2. The predicted octanol–water partition coefficient (Wildman–Crippen LogP) is 0.747. The molecule has 1 aromatic carbocycles. The number of amides is 2. The lowest BCUT2D eigenvalue weighted by Crippen LogP contribution is -2.47. The number of piperazine rings is 1. The van der Waals surface area contributed by atoms with Crippen molar-refractivity contribution in [3.8, 4) is 0 Å². The smallest absolute Gasteiger partial charge is 0.247 e. The van der Waals surface area contributed by atoms with E-state index in [9.17, 15) is 9.59 Å². The summed E-state index contributed by atoms with van der Waals surface area (Å²) < 4.78 is 0. The molecule has 94 valence electrons. The van der Waals surface area contributed by atoms with E-state index in [4.69, 9.17) is 0 Å². The maximum Gasteiger partial charge on any atom is 0.247 e. The van der Waals surface area contributed by atoms with Gasteiger partial charge in [0.05, 0.1) is 17.9 Å². The Morgan fingerprint density at radius 2 is 2.22 bits per heavy atom. The quantitative estimate of drug-likeness (QED) is 0.772. The maximum absolute atomic E-state index is 11.4. The highest BCUT2D eigenvalue weighted by atomic mass is 16.2. The molecule has 1 aliphatic heterocycles. The molecule has 0 spiro atoms. The number of hydrogen-bond donors (Lipinski definition) is 2. The highest BCUT2D eigenvalue weighted by Crippen LogP contribution is 2.25. The number of para-hydroxylation sites is 2. The van der Waals surface area contributed by atoms with Gasteiger partial charge in [-0.05, 0) is 18.2 Å². The van der Waals surface area contributed by atoms with Crippen molar-refractivity contribution in [2.45, 2.75) is 0 Å². The zero-order chi connectivity index (χ0) is 13.0. The second-order valence-electron chi connectivity index (χ2n) is 3.98. The number of rotatable bonds is 3. The fourth-order valence-corrected chi connectivity index (χ4v) is 1.88. The monoisotopic (exact) mass is 245 g/mol. The van der Waals surface area contributed by atoms with Gasteiger partial charge in [0.15, 0.2) is 0 Å². The summed E-state index contributed by atoms with van der Waals surface area (Å²) in [7, 11) is 0. The zero-order valence-electron chi connectivity index (χ0n) is 9.98. The first-order chi connectivity index (χ1) is 8.70. The van der Waals surface area contributed by atoms with E-state index in [2.05, 4.69) is 17.2 Å². The molecule has 0 atom stereocenters. The summed E-state index contributed by atoms with van der Waals surface area (Å²) in [5.74, 6) is -0.269. The fourth-order valence-electron chi connectivity index (χ4n) is 1.88. The van der Waals surface area contributed by atoms with Crippen LogP contribution in [0.4, 0.5) is 11.4 Å². The van der Waals surface area contributed by atoms with Crippen molar-refractivity contribution in [2.24, 2.45) is 0 Å². The van der Waals surface area contributed by atoms with Gasteiger partial charge in [0, 0.05) is 13.1 Å². The van der Waals surface area contributed by atoms with Crippen molar-refractivity contribution < 1.29 is 9.59 Å². The molecule has 0 bridgehead atoms. The molecule has 5 heteroatoms. The van der Waals surface area contributed by atoms with Crippen LogP contribution in [0.3, 0.4) is 0 Å². The molecule has 1 aliphatic rings. The normalized spacial score (nSPS) is 14.9. The van der Waals surface area contributed by atoms with Crippen molar-refractivity contribution in [1.82, 2.24) is 5.32 Å². The summed E-state index contributed by atoms with van der Waals surface area (Å²) in [6.45, 7) is 5.07. The number of nitrogens with zero attached hydrogens (tertiary/aromatic N) is 1. The Kier molecular flexibility index (Phi) is 3.62. The van der Waals surface area contributed by atoms with Crippen LogP contribution in [-0.4, -0.2) is 31.4 Å². The van der Waals surface area contributed by atoms with Gasteiger partial charge in [0.2, 0.25) is 11.8 Å². The van der Waals surface area contributed by atoms with Crippen LogP contribution in [0.5, 0.6) is 0 Å². The number of carbonyl (C=O) groups excluding carboxylic acids is 2. The third kappa shape index (κ3) is 2.68. The molecule has 1 saturated heterocycles. The Morgan fingerprint density at radius 3 is 2.94 bits per heavy atom. The summed E-state index contributed by atoms with van der Waals surface area (Å²) >= 11 is 0. The molecular formula is C13H15N3O2. The van der Waals surface area contributed by atoms with E-state index in [1.54, 1.807) is 0 Å². The lowest BCUT2D eigenvalue weighted by Gasteiger charge is -2.30. The van der Waals surface area contributed by atoms with Crippen LogP contribution in [0, 0.1) is 0 Å². The summed E-state index contributed by atoms with van der Waals surface area (Å²) in [5.41, 5.74) is 1.54. The molecule has 2 N–H and O–H groups in total. The average Bonchev–Trinajstić information content (AvgIpc) is 2.39. The van der Waals surface area contributed by atoms with Gasteiger partial charge in [0.25, 0.3) is 0 Å². The summed E-state index contributed by atoms with van der Waals surface area (Å²) in [5, 5.41) is 5.51. The number of anilines is 2. The molecule has 0 unspecified atom stereocenters. The number of carbonyl (C=O) groups is 2. The van der Waals surface area contributed by atoms with Gasteiger partial charge >= 0.3 is 0 Å². The Hall–Kier alpha value is -2.30. The van der Waals surface area contributed by atoms with Crippen LogP contribution in [0.15, 0.2) is 36.9 Å². The Balaban J connectivity index is 2.23. The molecule has 0 saturated carbocycles.